The highest BCUT2D eigenvalue weighted by Gasteiger charge is 2.27. The molecule has 3 N–H and O–H groups in total. The predicted octanol–water partition coefficient (Wildman–Crippen LogP) is 0.964. The van der Waals surface area contributed by atoms with Crippen molar-refractivity contribution in [3.05, 3.63) is 23.9 Å². The number of hydrogen-bond donors (Lipinski definition) is 2. The first-order valence-electron chi connectivity index (χ1n) is 4.73. The molecule has 14 heavy (non-hydrogen) atoms. The number of amidine groups is 1. The standard InChI is InChI=1S/C10H14N4/c1-14(7-5-6-7)9-4-2-3-8(13-9)10(11)12/h2-4,7H,5-6H2,1H3,(H3,11,12). The Hall–Kier alpha value is -1.58. The predicted molar refractivity (Wildman–Crippen MR) is 56.7 cm³/mol. The third kappa shape index (κ3) is 1.69. The third-order valence-electron chi connectivity index (χ3n) is 2.47. The molecule has 0 spiro atoms. The van der Waals surface area contributed by atoms with Gasteiger partial charge < -0.3 is 10.6 Å². The maximum absolute atomic E-state index is 7.29. The Morgan fingerprint density at radius 2 is 2.29 bits per heavy atom. The van der Waals surface area contributed by atoms with Crippen LogP contribution in [0.2, 0.25) is 0 Å². The van der Waals surface area contributed by atoms with E-state index in [1.54, 1.807) is 6.07 Å². The number of nitrogens with one attached hydrogen (secondary N) is 1. The smallest absolute Gasteiger partial charge is 0.141 e. The maximum atomic E-state index is 7.29. The molecule has 0 aliphatic heterocycles. The molecule has 0 atom stereocenters. The lowest BCUT2D eigenvalue weighted by atomic mass is 10.3. The average Bonchev–Trinajstić information content (AvgIpc) is 3.00. The molecule has 1 aromatic rings. The lowest BCUT2D eigenvalue weighted by Gasteiger charge is -2.17. The van der Waals surface area contributed by atoms with E-state index in [4.69, 9.17) is 11.1 Å². The van der Waals surface area contributed by atoms with Gasteiger partial charge in [-0.15, -0.1) is 0 Å². The highest BCUT2D eigenvalue weighted by atomic mass is 15.2. The van der Waals surface area contributed by atoms with Crippen LogP contribution >= 0.6 is 0 Å². The molecule has 1 aliphatic carbocycles. The molecule has 1 saturated carbocycles. The Morgan fingerprint density at radius 3 is 2.86 bits per heavy atom. The molecule has 0 radical (unpaired) electrons. The van der Waals surface area contributed by atoms with E-state index < -0.39 is 0 Å². The van der Waals surface area contributed by atoms with Gasteiger partial charge in [-0.05, 0) is 25.0 Å². The molecule has 1 aromatic heterocycles. The SMILES string of the molecule is CN(c1cccc(C(=N)N)n1)C1CC1. The van der Waals surface area contributed by atoms with Crippen LogP contribution in [0.1, 0.15) is 18.5 Å². The van der Waals surface area contributed by atoms with Crippen molar-refractivity contribution in [1.82, 2.24) is 4.98 Å². The molecule has 4 heteroatoms. The topological polar surface area (TPSA) is 66.0 Å². The summed E-state index contributed by atoms with van der Waals surface area (Å²) in [6.07, 6.45) is 2.48. The van der Waals surface area contributed by atoms with Gasteiger partial charge in [0.25, 0.3) is 0 Å². The normalized spacial score (nSPS) is 15.2. The van der Waals surface area contributed by atoms with Gasteiger partial charge in [0.2, 0.25) is 0 Å². The fourth-order valence-corrected chi connectivity index (χ4v) is 1.42. The molecule has 2 rings (SSSR count). The van der Waals surface area contributed by atoms with Gasteiger partial charge in [-0.25, -0.2) is 4.98 Å². The molecule has 74 valence electrons. The van der Waals surface area contributed by atoms with Crippen molar-refractivity contribution in [3.63, 3.8) is 0 Å². The van der Waals surface area contributed by atoms with Crippen molar-refractivity contribution in [2.45, 2.75) is 18.9 Å². The van der Waals surface area contributed by atoms with Crippen molar-refractivity contribution in [1.29, 1.82) is 5.41 Å². The summed E-state index contributed by atoms with van der Waals surface area (Å²) in [4.78, 5) is 6.46. The number of aromatic nitrogens is 1. The highest BCUT2D eigenvalue weighted by molar-refractivity contribution is 5.93. The molecule has 0 amide bonds. The van der Waals surface area contributed by atoms with E-state index in [1.807, 2.05) is 19.2 Å². The Bertz CT molecular complexity index is 357. The minimum Gasteiger partial charge on any atom is -0.382 e. The fourth-order valence-electron chi connectivity index (χ4n) is 1.42. The molecule has 0 saturated heterocycles. The van der Waals surface area contributed by atoms with E-state index >= 15 is 0 Å². The minimum absolute atomic E-state index is 0.0241. The van der Waals surface area contributed by atoms with Crippen LogP contribution in [0.25, 0.3) is 0 Å². The number of nitrogen functional groups attached to an aromatic ring is 1. The molecular weight excluding hydrogens is 176 g/mol. The summed E-state index contributed by atoms with van der Waals surface area (Å²) < 4.78 is 0. The van der Waals surface area contributed by atoms with Crippen molar-refractivity contribution < 1.29 is 0 Å². The van der Waals surface area contributed by atoms with Gasteiger partial charge in [-0.2, -0.15) is 0 Å². The van der Waals surface area contributed by atoms with E-state index in [0.29, 0.717) is 11.7 Å². The zero-order valence-electron chi connectivity index (χ0n) is 8.20. The Kier molecular flexibility index (Phi) is 2.11. The fraction of sp³-hybridized carbons (Fsp3) is 0.400. The van der Waals surface area contributed by atoms with Gasteiger partial charge in [0.1, 0.15) is 17.3 Å². The van der Waals surface area contributed by atoms with Crippen LogP contribution in [0.4, 0.5) is 5.82 Å². The summed E-state index contributed by atoms with van der Waals surface area (Å²) in [5.41, 5.74) is 5.93. The van der Waals surface area contributed by atoms with Crippen LogP contribution in [-0.2, 0) is 0 Å². The van der Waals surface area contributed by atoms with Gasteiger partial charge in [0.15, 0.2) is 0 Å². The molecule has 1 aliphatic rings. The number of rotatable bonds is 3. The zero-order valence-corrected chi connectivity index (χ0v) is 8.20. The maximum Gasteiger partial charge on any atom is 0.141 e. The lowest BCUT2D eigenvalue weighted by Crippen LogP contribution is -2.22. The number of anilines is 1. The van der Waals surface area contributed by atoms with Crippen LogP contribution in [0.5, 0.6) is 0 Å². The van der Waals surface area contributed by atoms with Crippen LogP contribution in [-0.4, -0.2) is 23.9 Å². The zero-order chi connectivity index (χ0) is 10.1. The minimum atomic E-state index is 0.0241. The second-order valence-electron chi connectivity index (χ2n) is 3.64. The molecule has 1 heterocycles. The van der Waals surface area contributed by atoms with Gasteiger partial charge in [0.05, 0.1) is 0 Å². The molecule has 4 nitrogen and oxygen atoms in total. The summed E-state index contributed by atoms with van der Waals surface area (Å²) >= 11 is 0. The second-order valence-corrected chi connectivity index (χ2v) is 3.64. The van der Waals surface area contributed by atoms with Crippen molar-refractivity contribution >= 4 is 11.7 Å². The highest BCUT2D eigenvalue weighted by Crippen LogP contribution is 2.28. The summed E-state index contributed by atoms with van der Waals surface area (Å²) in [7, 11) is 2.03. The van der Waals surface area contributed by atoms with Crippen molar-refractivity contribution in [3.8, 4) is 0 Å². The molecule has 0 bridgehead atoms. The van der Waals surface area contributed by atoms with Crippen molar-refractivity contribution in [2.75, 3.05) is 11.9 Å². The van der Waals surface area contributed by atoms with E-state index in [-0.39, 0.29) is 5.84 Å². The second kappa shape index (κ2) is 3.29. The van der Waals surface area contributed by atoms with Crippen LogP contribution in [0, 0.1) is 5.41 Å². The van der Waals surface area contributed by atoms with Crippen LogP contribution in [0.3, 0.4) is 0 Å². The first-order chi connectivity index (χ1) is 6.68. The summed E-state index contributed by atoms with van der Waals surface area (Å²) in [5, 5.41) is 7.29. The number of hydrogen-bond acceptors (Lipinski definition) is 3. The van der Waals surface area contributed by atoms with Gasteiger partial charge in [-0.1, -0.05) is 6.07 Å². The Morgan fingerprint density at radius 1 is 1.57 bits per heavy atom. The van der Waals surface area contributed by atoms with Crippen LogP contribution in [0.15, 0.2) is 18.2 Å². The van der Waals surface area contributed by atoms with E-state index in [2.05, 4.69) is 9.88 Å². The van der Waals surface area contributed by atoms with E-state index in [9.17, 15) is 0 Å². The number of pyridine rings is 1. The van der Waals surface area contributed by atoms with Crippen LogP contribution < -0.4 is 10.6 Å². The van der Waals surface area contributed by atoms with Gasteiger partial charge in [-0.3, -0.25) is 5.41 Å². The Balaban J connectivity index is 2.24. The largest absolute Gasteiger partial charge is 0.382 e. The number of nitrogens with zero attached hydrogens (tertiary/aromatic N) is 2. The number of nitrogens with two attached hydrogens (primary N) is 1. The molecular formula is C10H14N4. The molecule has 0 unspecified atom stereocenters. The molecule has 1 fully saturated rings. The quantitative estimate of drug-likeness (QED) is 0.551. The monoisotopic (exact) mass is 190 g/mol. The third-order valence-corrected chi connectivity index (χ3v) is 2.47. The summed E-state index contributed by atoms with van der Waals surface area (Å²) in [6.45, 7) is 0. The molecule has 0 aromatic carbocycles. The Labute approximate surface area is 83.3 Å². The van der Waals surface area contributed by atoms with Crippen molar-refractivity contribution in [2.24, 2.45) is 5.73 Å². The first kappa shape index (κ1) is 8.99. The van der Waals surface area contributed by atoms with Gasteiger partial charge in [0, 0.05) is 13.1 Å². The lowest BCUT2D eigenvalue weighted by molar-refractivity contribution is 0.890. The summed E-state index contributed by atoms with van der Waals surface area (Å²) in [6, 6.07) is 6.22. The summed E-state index contributed by atoms with van der Waals surface area (Å²) in [5.74, 6) is 0.927. The first-order valence-corrected chi connectivity index (χ1v) is 4.73. The van der Waals surface area contributed by atoms with E-state index in [1.165, 1.54) is 12.8 Å². The van der Waals surface area contributed by atoms with E-state index in [0.717, 1.165) is 5.82 Å². The average molecular weight is 190 g/mol. The van der Waals surface area contributed by atoms with Gasteiger partial charge >= 0.3 is 0 Å².